The highest BCUT2D eigenvalue weighted by Crippen LogP contribution is 2.31. The molecule has 0 radical (unpaired) electrons. The molecule has 118 valence electrons. The summed E-state index contributed by atoms with van der Waals surface area (Å²) >= 11 is 1.58. The molecule has 1 aromatic heterocycles. The molecule has 1 amide bonds. The first-order valence-corrected chi connectivity index (χ1v) is 9.90. The summed E-state index contributed by atoms with van der Waals surface area (Å²) in [6.45, 7) is 4.02. The van der Waals surface area contributed by atoms with Crippen molar-refractivity contribution in [2.75, 3.05) is 25.9 Å². The van der Waals surface area contributed by atoms with Crippen LogP contribution >= 0.6 is 11.3 Å². The van der Waals surface area contributed by atoms with Crippen molar-refractivity contribution >= 4 is 27.1 Å². The molecule has 0 saturated carbocycles. The van der Waals surface area contributed by atoms with Crippen LogP contribution in [-0.2, 0) is 21.2 Å². The summed E-state index contributed by atoms with van der Waals surface area (Å²) in [6, 6.07) is 3.91. The Morgan fingerprint density at radius 1 is 1.43 bits per heavy atom. The zero-order valence-corrected chi connectivity index (χ0v) is 14.1. The fraction of sp³-hybridized carbons (Fsp3) is 0.643. The minimum Gasteiger partial charge on any atom is -0.336 e. The summed E-state index contributed by atoms with van der Waals surface area (Å²) in [5.74, 6) is -0.248. The van der Waals surface area contributed by atoms with E-state index in [0.717, 1.165) is 4.88 Å². The van der Waals surface area contributed by atoms with Gasteiger partial charge in [-0.25, -0.2) is 8.42 Å². The summed E-state index contributed by atoms with van der Waals surface area (Å²) in [7, 11) is -3.45. The van der Waals surface area contributed by atoms with E-state index in [1.165, 1.54) is 6.26 Å². The van der Waals surface area contributed by atoms with Crippen molar-refractivity contribution in [3.05, 3.63) is 22.4 Å². The number of carbonyl (C=O) groups is 1. The number of nitrogens with zero attached hydrogens (tertiary/aromatic N) is 1. The Kier molecular flexibility index (Phi) is 5.06. The van der Waals surface area contributed by atoms with E-state index in [-0.39, 0.29) is 5.91 Å². The van der Waals surface area contributed by atoms with Crippen LogP contribution < -0.4 is 5.32 Å². The molecule has 1 saturated heterocycles. The lowest BCUT2D eigenvalue weighted by Crippen LogP contribution is -2.58. The van der Waals surface area contributed by atoms with Crippen LogP contribution in [0.1, 0.15) is 24.6 Å². The Balaban J connectivity index is 2.28. The summed E-state index contributed by atoms with van der Waals surface area (Å²) in [5, 5.41) is 5.10. The van der Waals surface area contributed by atoms with Crippen LogP contribution in [0.4, 0.5) is 0 Å². The van der Waals surface area contributed by atoms with Crippen LogP contribution in [0.3, 0.4) is 0 Å². The van der Waals surface area contributed by atoms with Gasteiger partial charge in [0.2, 0.25) is 5.91 Å². The zero-order chi connectivity index (χ0) is 15.5. The molecule has 21 heavy (non-hydrogen) atoms. The molecule has 1 fully saturated rings. The number of amides is 1. The van der Waals surface area contributed by atoms with Crippen LogP contribution in [0.15, 0.2) is 17.5 Å². The number of thiophene rings is 1. The van der Waals surface area contributed by atoms with Crippen molar-refractivity contribution in [2.45, 2.75) is 31.1 Å². The van der Waals surface area contributed by atoms with Crippen molar-refractivity contribution in [1.29, 1.82) is 0 Å². The van der Waals surface area contributed by atoms with Crippen molar-refractivity contribution in [3.8, 4) is 0 Å². The van der Waals surface area contributed by atoms with E-state index in [1.54, 1.807) is 16.2 Å². The smallest absolute Gasteiger partial charge is 0.244 e. The molecule has 1 N–H and O–H groups in total. The summed E-state index contributed by atoms with van der Waals surface area (Å²) in [4.78, 5) is 15.7. The monoisotopic (exact) mass is 330 g/mol. The van der Waals surface area contributed by atoms with Gasteiger partial charge in [-0.05, 0) is 44.3 Å². The largest absolute Gasteiger partial charge is 0.336 e. The van der Waals surface area contributed by atoms with Gasteiger partial charge >= 0.3 is 0 Å². The van der Waals surface area contributed by atoms with E-state index in [4.69, 9.17) is 0 Å². The summed E-state index contributed by atoms with van der Waals surface area (Å²) in [6.07, 6.45) is 1.90. The number of hydrogen-bond acceptors (Lipinski definition) is 5. The molecule has 0 spiro atoms. The number of rotatable bonds is 5. The third kappa shape index (κ3) is 3.30. The lowest BCUT2D eigenvalue weighted by Gasteiger charge is -2.38. The van der Waals surface area contributed by atoms with Crippen molar-refractivity contribution < 1.29 is 13.2 Å². The quantitative estimate of drug-likeness (QED) is 0.883. The molecule has 1 aliphatic heterocycles. The van der Waals surface area contributed by atoms with Gasteiger partial charge in [0.05, 0.1) is 6.54 Å². The predicted molar refractivity (Wildman–Crippen MR) is 85.1 cm³/mol. The fourth-order valence-corrected chi connectivity index (χ4v) is 4.89. The molecule has 1 aromatic rings. The standard InChI is InChI=1S/C14H22N2O3S2/c1-3-16(11-12-5-4-10-20-12)13(17)14(21(2,18)19)6-8-15-9-7-14/h4-5,10,15H,3,6-9,11H2,1-2H3. The van der Waals surface area contributed by atoms with Crippen LogP contribution in [0.25, 0.3) is 0 Å². The van der Waals surface area contributed by atoms with Crippen LogP contribution in [0, 0.1) is 0 Å². The number of piperidine rings is 1. The number of nitrogens with one attached hydrogen (secondary N) is 1. The fourth-order valence-electron chi connectivity index (χ4n) is 2.78. The molecule has 1 aliphatic rings. The Hall–Kier alpha value is -0.920. The van der Waals surface area contributed by atoms with Crippen LogP contribution in [-0.4, -0.2) is 49.9 Å². The third-order valence-electron chi connectivity index (χ3n) is 4.11. The van der Waals surface area contributed by atoms with Crippen molar-refractivity contribution in [3.63, 3.8) is 0 Å². The topological polar surface area (TPSA) is 66.5 Å². The average molecular weight is 330 g/mol. The average Bonchev–Trinajstić information content (AvgIpc) is 2.96. The third-order valence-corrected chi connectivity index (χ3v) is 6.97. The summed E-state index contributed by atoms with van der Waals surface area (Å²) in [5.41, 5.74) is 0. The maximum absolute atomic E-state index is 12.9. The molecular formula is C14H22N2O3S2. The van der Waals surface area contributed by atoms with Crippen molar-refractivity contribution in [1.82, 2.24) is 10.2 Å². The van der Waals surface area contributed by atoms with E-state index in [2.05, 4.69) is 5.32 Å². The molecule has 0 bridgehead atoms. The first-order valence-electron chi connectivity index (χ1n) is 7.13. The minimum absolute atomic E-state index is 0.248. The second-order valence-electron chi connectivity index (χ2n) is 5.42. The van der Waals surface area contributed by atoms with Gasteiger partial charge in [0.25, 0.3) is 0 Å². The lowest BCUT2D eigenvalue weighted by atomic mass is 9.95. The predicted octanol–water partition coefficient (Wildman–Crippen LogP) is 1.26. The molecular weight excluding hydrogens is 308 g/mol. The normalized spacial score (nSPS) is 18.4. The van der Waals surface area contributed by atoms with E-state index in [9.17, 15) is 13.2 Å². The maximum Gasteiger partial charge on any atom is 0.244 e. The molecule has 0 aliphatic carbocycles. The van der Waals surface area contributed by atoms with Gasteiger partial charge in [0.1, 0.15) is 0 Å². The number of hydrogen-bond donors (Lipinski definition) is 1. The van der Waals surface area contributed by atoms with Crippen molar-refractivity contribution in [2.24, 2.45) is 0 Å². The molecule has 0 unspecified atom stereocenters. The van der Waals surface area contributed by atoms with Gasteiger partial charge in [-0.2, -0.15) is 0 Å². The second kappa shape index (κ2) is 6.46. The minimum atomic E-state index is -3.45. The number of carbonyl (C=O) groups excluding carboxylic acids is 1. The Bertz CT molecular complexity index is 575. The van der Waals surface area contributed by atoms with Gasteiger partial charge < -0.3 is 10.2 Å². The highest BCUT2D eigenvalue weighted by Gasteiger charge is 2.50. The van der Waals surface area contributed by atoms with Gasteiger partial charge in [-0.1, -0.05) is 6.07 Å². The van der Waals surface area contributed by atoms with E-state index in [1.807, 2.05) is 24.4 Å². The van der Waals surface area contributed by atoms with Crippen LogP contribution in [0.2, 0.25) is 0 Å². The summed E-state index contributed by atoms with van der Waals surface area (Å²) < 4.78 is 23.3. The van der Waals surface area contributed by atoms with Gasteiger partial charge in [-0.3, -0.25) is 4.79 Å². The molecule has 7 heteroatoms. The number of sulfone groups is 1. The van der Waals surface area contributed by atoms with E-state index in [0.29, 0.717) is 39.0 Å². The lowest BCUT2D eigenvalue weighted by molar-refractivity contribution is -0.135. The SMILES string of the molecule is CCN(Cc1cccs1)C(=O)C1(S(C)(=O)=O)CCNCC1. The molecule has 5 nitrogen and oxygen atoms in total. The molecule has 2 heterocycles. The van der Waals surface area contributed by atoms with Gasteiger partial charge in [0, 0.05) is 17.7 Å². The zero-order valence-electron chi connectivity index (χ0n) is 12.5. The molecule has 0 atom stereocenters. The Labute approximate surface area is 130 Å². The highest BCUT2D eigenvalue weighted by atomic mass is 32.2. The highest BCUT2D eigenvalue weighted by molar-refractivity contribution is 7.92. The maximum atomic E-state index is 12.9. The second-order valence-corrected chi connectivity index (χ2v) is 8.77. The van der Waals surface area contributed by atoms with E-state index >= 15 is 0 Å². The van der Waals surface area contributed by atoms with Gasteiger partial charge in [0.15, 0.2) is 14.6 Å². The Morgan fingerprint density at radius 3 is 2.57 bits per heavy atom. The molecule has 2 rings (SSSR count). The van der Waals surface area contributed by atoms with Gasteiger partial charge in [-0.15, -0.1) is 11.3 Å². The van der Waals surface area contributed by atoms with Crippen LogP contribution in [0.5, 0.6) is 0 Å². The molecule has 0 aromatic carbocycles. The first kappa shape index (κ1) is 16.5. The Morgan fingerprint density at radius 2 is 2.10 bits per heavy atom. The van der Waals surface area contributed by atoms with E-state index < -0.39 is 14.6 Å². The first-order chi connectivity index (χ1) is 9.90.